The summed E-state index contributed by atoms with van der Waals surface area (Å²) in [5.41, 5.74) is 4.27. The van der Waals surface area contributed by atoms with Crippen LogP contribution in [0.3, 0.4) is 0 Å². The Bertz CT molecular complexity index is 178. The molecule has 3 atom stereocenters. The largest absolute Gasteiger partial charge is 0.396 e. The fraction of sp³-hybridized carbons (Fsp3) is 1.00. The lowest BCUT2D eigenvalue weighted by molar-refractivity contribution is -0.104. The van der Waals surface area contributed by atoms with Crippen molar-refractivity contribution in [3.8, 4) is 0 Å². The van der Waals surface area contributed by atoms with Crippen molar-refractivity contribution < 1.29 is 15.3 Å². The molecule has 0 heterocycles. The van der Waals surface area contributed by atoms with Gasteiger partial charge in [0.25, 0.3) is 0 Å². The fourth-order valence-electron chi connectivity index (χ4n) is 1.86. The van der Waals surface area contributed by atoms with Crippen LogP contribution in [0.25, 0.3) is 0 Å². The lowest BCUT2D eigenvalue weighted by Crippen LogP contribution is -2.52. The van der Waals surface area contributed by atoms with Gasteiger partial charge in [0, 0.05) is 19.1 Å². The molecule has 0 bridgehead atoms. The number of aliphatic hydroxyl groups excluding tert-OH is 2. The molecule has 4 heteroatoms. The predicted octanol–water partition coefficient (Wildman–Crippen LogP) is 0.636. The Hall–Kier alpha value is -0.160. The highest BCUT2D eigenvalue weighted by Crippen LogP contribution is 2.23. The van der Waals surface area contributed by atoms with Crippen LogP contribution in [0, 0.1) is 5.92 Å². The van der Waals surface area contributed by atoms with Crippen molar-refractivity contribution in [2.75, 3.05) is 13.2 Å². The summed E-state index contributed by atoms with van der Waals surface area (Å²) >= 11 is 0. The third kappa shape index (κ3) is 4.78. The molecule has 3 unspecified atom stereocenters. The monoisotopic (exact) mass is 233 g/mol. The molecule has 0 spiro atoms. The maximum atomic E-state index is 10.2. The summed E-state index contributed by atoms with van der Waals surface area (Å²) in [5, 5.41) is 29.1. The van der Waals surface area contributed by atoms with Crippen LogP contribution >= 0.6 is 0 Å². The highest BCUT2D eigenvalue weighted by molar-refractivity contribution is 4.90. The Kier molecular flexibility index (Phi) is 7.93. The standard InChI is InChI=1S/C12H27NO3/c1-3-4-5-6-7-12(16,9-13)11(15)10(2)8-14/h10-11,14-16H,3-9,13H2,1-2H3. The van der Waals surface area contributed by atoms with Crippen LogP contribution in [0.5, 0.6) is 0 Å². The smallest absolute Gasteiger partial charge is 0.103 e. The molecule has 0 saturated carbocycles. The molecule has 0 fully saturated rings. The van der Waals surface area contributed by atoms with Crippen LogP contribution in [-0.2, 0) is 0 Å². The summed E-state index contributed by atoms with van der Waals surface area (Å²) in [4.78, 5) is 0. The van der Waals surface area contributed by atoms with Crippen LogP contribution < -0.4 is 5.73 Å². The van der Waals surface area contributed by atoms with Gasteiger partial charge in [0.1, 0.15) is 5.60 Å². The zero-order chi connectivity index (χ0) is 12.6. The van der Waals surface area contributed by atoms with Gasteiger partial charge >= 0.3 is 0 Å². The van der Waals surface area contributed by atoms with Crippen molar-refractivity contribution in [1.82, 2.24) is 0 Å². The SMILES string of the molecule is CCCCCCC(O)(CN)C(O)C(C)CO. The lowest BCUT2D eigenvalue weighted by atomic mass is 9.84. The zero-order valence-electron chi connectivity index (χ0n) is 10.5. The normalized spacial score (nSPS) is 19.1. The molecule has 0 aromatic carbocycles. The first-order chi connectivity index (χ1) is 7.51. The minimum Gasteiger partial charge on any atom is -0.396 e. The van der Waals surface area contributed by atoms with Gasteiger partial charge in [-0.3, -0.25) is 0 Å². The second-order valence-corrected chi connectivity index (χ2v) is 4.72. The number of hydrogen-bond acceptors (Lipinski definition) is 4. The molecule has 4 nitrogen and oxygen atoms in total. The first kappa shape index (κ1) is 15.8. The van der Waals surface area contributed by atoms with E-state index in [-0.39, 0.29) is 19.1 Å². The van der Waals surface area contributed by atoms with Gasteiger partial charge in [-0.2, -0.15) is 0 Å². The number of rotatable bonds is 9. The molecular weight excluding hydrogens is 206 g/mol. The summed E-state index contributed by atoms with van der Waals surface area (Å²) in [6, 6.07) is 0. The van der Waals surface area contributed by atoms with E-state index in [4.69, 9.17) is 10.8 Å². The molecule has 0 amide bonds. The number of unbranched alkanes of at least 4 members (excludes halogenated alkanes) is 3. The van der Waals surface area contributed by atoms with E-state index in [1.54, 1.807) is 6.92 Å². The van der Waals surface area contributed by atoms with Gasteiger partial charge in [0.2, 0.25) is 0 Å². The van der Waals surface area contributed by atoms with E-state index in [1.807, 2.05) is 0 Å². The minimum absolute atomic E-state index is 0.0324. The maximum Gasteiger partial charge on any atom is 0.103 e. The summed E-state index contributed by atoms with van der Waals surface area (Å²) in [6.07, 6.45) is 3.71. The summed E-state index contributed by atoms with van der Waals surface area (Å²) in [7, 11) is 0. The van der Waals surface area contributed by atoms with Crippen LogP contribution in [0.15, 0.2) is 0 Å². The molecule has 16 heavy (non-hydrogen) atoms. The Morgan fingerprint density at radius 1 is 1.25 bits per heavy atom. The third-order valence-corrected chi connectivity index (χ3v) is 3.19. The van der Waals surface area contributed by atoms with E-state index in [9.17, 15) is 10.2 Å². The zero-order valence-corrected chi connectivity index (χ0v) is 10.5. The summed E-state index contributed by atoms with van der Waals surface area (Å²) < 4.78 is 0. The fourth-order valence-corrected chi connectivity index (χ4v) is 1.86. The predicted molar refractivity (Wildman–Crippen MR) is 65.0 cm³/mol. The van der Waals surface area contributed by atoms with Gasteiger partial charge in [0.05, 0.1) is 6.10 Å². The molecule has 98 valence electrons. The molecule has 0 aliphatic heterocycles. The average molecular weight is 233 g/mol. The quantitative estimate of drug-likeness (QED) is 0.440. The van der Waals surface area contributed by atoms with Crippen molar-refractivity contribution in [3.05, 3.63) is 0 Å². The van der Waals surface area contributed by atoms with E-state index in [0.717, 1.165) is 25.7 Å². The van der Waals surface area contributed by atoms with Gasteiger partial charge < -0.3 is 21.1 Å². The van der Waals surface area contributed by atoms with Gasteiger partial charge in [-0.1, -0.05) is 39.5 Å². The molecule has 0 aliphatic rings. The maximum absolute atomic E-state index is 10.2. The minimum atomic E-state index is -1.25. The Balaban J connectivity index is 4.18. The van der Waals surface area contributed by atoms with E-state index in [0.29, 0.717) is 6.42 Å². The second-order valence-electron chi connectivity index (χ2n) is 4.72. The van der Waals surface area contributed by atoms with Gasteiger partial charge in [0.15, 0.2) is 0 Å². The highest BCUT2D eigenvalue weighted by Gasteiger charge is 2.36. The Labute approximate surface area is 98.5 Å². The second kappa shape index (κ2) is 8.01. The Morgan fingerprint density at radius 3 is 2.31 bits per heavy atom. The third-order valence-electron chi connectivity index (χ3n) is 3.19. The average Bonchev–Trinajstić information content (AvgIpc) is 2.32. The molecule has 5 N–H and O–H groups in total. The van der Waals surface area contributed by atoms with Gasteiger partial charge in [-0.15, -0.1) is 0 Å². The molecule has 0 aromatic rings. The van der Waals surface area contributed by atoms with Gasteiger partial charge in [-0.05, 0) is 6.42 Å². The highest BCUT2D eigenvalue weighted by atomic mass is 16.3. The first-order valence-electron chi connectivity index (χ1n) is 6.23. The molecule has 0 saturated heterocycles. The van der Waals surface area contributed by atoms with Crippen molar-refractivity contribution >= 4 is 0 Å². The van der Waals surface area contributed by atoms with Crippen LogP contribution in [0.2, 0.25) is 0 Å². The van der Waals surface area contributed by atoms with Crippen molar-refractivity contribution in [2.24, 2.45) is 11.7 Å². The molecule has 0 aromatic heterocycles. The number of hydrogen-bond donors (Lipinski definition) is 4. The van der Waals surface area contributed by atoms with Crippen molar-refractivity contribution in [2.45, 2.75) is 57.7 Å². The van der Waals surface area contributed by atoms with Crippen LogP contribution in [-0.4, -0.2) is 40.2 Å². The van der Waals surface area contributed by atoms with E-state index in [1.165, 1.54) is 0 Å². The molecule has 0 radical (unpaired) electrons. The number of aliphatic hydroxyl groups is 3. The van der Waals surface area contributed by atoms with Crippen LogP contribution in [0.1, 0.15) is 46.0 Å². The van der Waals surface area contributed by atoms with Crippen LogP contribution in [0.4, 0.5) is 0 Å². The van der Waals surface area contributed by atoms with E-state index < -0.39 is 11.7 Å². The topological polar surface area (TPSA) is 86.7 Å². The molecule has 0 aliphatic carbocycles. The van der Waals surface area contributed by atoms with Gasteiger partial charge in [-0.25, -0.2) is 0 Å². The Morgan fingerprint density at radius 2 is 1.88 bits per heavy atom. The lowest BCUT2D eigenvalue weighted by Gasteiger charge is -2.34. The molecular formula is C12H27NO3. The molecule has 0 rings (SSSR count). The number of nitrogens with two attached hydrogens (primary N) is 1. The summed E-state index contributed by atoms with van der Waals surface area (Å²) in [5.74, 6) is -0.347. The first-order valence-corrected chi connectivity index (χ1v) is 6.23. The van der Waals surface area contributed by atoms with Crippen molar-refractivity contribution in [1.29, 1.82) is 0 Å². The van der Waals surface area contributed by atoms with E-state index in [2.05, 4.69) is 6.92 Å². The van der Waals surface area contributed by atoms with Crippen molar-refractivity contribution in [3.63, 3.8) is 0 Å². The summed E-state index contributed by atoms with van der Waals surface area (Å²) in [6.45, 7) is 3.72. The van der Waals surface area contributed by atoms with E-state index >= 15 is 0 Å².